The third kappa shape index (κ3) is 5.86. The molecule has 0 aliphatic heterocycles. The van der Waals surface area contributed by atoms with Crippen LogP contribution in [0.2, 0.25) is 0 Å². The maximum absolute atomic E-state index is 4.64. The molecule has 1 aromatic rings. The molecule has 0 radical (unpaired) electrons. The molecule has 0 fully saturated rings. The van der Waals surface area contributed by atoms with Gasteiger partial charge in [0.1, 0.15) is 0 Å². The molecule has 2 unspecified atom stereocenters. The molecule has 16 heavy (non-hydrogen) atoms. The van der Waals surface area contributed by atoms with Crippen molar-refractivity contribution in [3.8, 4) is 0 Å². The van der Waals surface area contributed by atoms with Gasteiger partial charge in [0.2, 0.25) is 0 Å². The molecule has 1 aromatic carbocycles. The molecular weight excluding hydrogens is 232 g/mol. The van der Waals surface area contributed by atoms with E-state index in [0.717, 1.165) is 19.3 Å². The van der Waals surface area contributed by atoms with Crippen molar-refractivity contribution in [2.75, 3.05) is 0 Å². The summed E-state index contributed by atoms with van der Waals surface area (Å²) in [6, 6.07) is 10.6. The molecule has 0 N–H and O–H groups in total. The SMILES string of the molecule is CCCC(S)CC(S)CCc1ccccc1. The second-order valence-corrected chi connectivity index (χ2v) is 5.82. The third-order valence-electron chi connectivity index (χ3n) is 2.78. The zero-order valence-corrected chi connectivity index (χ0v) is 11.8. The highest BCUT2D eigenvalue weighted by molar-refractivity contribution is 7.81. The second-order valence-electron chi connectivity index (χ2n) is 4.36. The van der Waals surface area contributed by atoms with Gasteiger partial charge in [0.15, 0.2) is 0 Å². The van der Waals surface area contributed by atoms with Crippen LogP contribution in [0.25, 0.3) is 0 Å². The predicted molar refractivity (Wildman–Crippen MR) is 79.8 cm³/mol. The van der Waals surface area contributed by atoms with Crippen LogP contribution in [-0.2, 0) is 6.42 Å². The third-order valence-corrected chi connectivity index (χ3v) is 3.71. The van der Waals surface area contributed by atoms with Crippen LogP contribution in [0.15, 0.2) is 30.3 Å². The Balaban J connectivity index is 2.22. The molecule has 2 heteroatoms. The van der Waals surface area contributed by atoms with Crippen LogP contribution in [0.3, 0.4) is 0 Å². The minimum absolute atomic E-state index is 0.481. The Kier molecular flexibility index (Phi) is 7.06. The maximum Gasteiger partial charge on any atom is 0.00304 e. The molecule has 0 aromatic heterocycles. The van der Waals surface area contributed by atoms with Crippen molar-refractivity contribution >= 4 is 25.3 Å². The van der Waals surface area contributed by atoms with Crippen LogP contribution in [-0.4, -0.2) is 10.5 Å². The average Bonchev–Trinajstić information content (AvgIpc) is 2.28. The standard InChI is InChI=1S/C14H22S2/c1-2-6-13(15)11-14(16)10-9-12-7-4-3-5-8-12/h3-5,7-8,13-16H,2,6,9-11H2,1H3. The van der Waals surface area contributed by atoms with Crippen molar-refractivity contribution in [3.63, 3.8) is 0 Å². The fraction of sp³-hybridized carbons (Fsp3) is 0.571. The molecule has 0 bridgehead atoms. The maximum atomic E-state index is 4.64. The largest absolute Gasteiger partial charge is 0.176 e. The normalized spacial score (nSPS) is 14.7. The highest BCUT2D eigenvalue weighted by Gasteiger charge is 2.09. The van der Waals surface area contributed by atoms with Crippen LogP contribution < -0.4 is 0 Å². The lowest BCUT2D eigenvalue weighted by Crippen LogP contribution is -2.09. The smallest absolute Gasteiger partial charge is 0.00304 e. The Hall–Kier alpha value is -0.0800. The second kappa shape index (κ2) is 8.08. The Morgan fingerprint density at radius 3 is 2.25 bits per heavy atom. The molecule has 0 heterocycles. The van der Waals surface area contributed by atoms with Gasteiger partial charge in [-0.15, -0.1) is 0 Å². The summed E-state index contributed by atoms with van der Waals surface area (Å²) in [6.45, 7) is 2.21. The summed E-state index contributed by atoms with van der Waals surface area (Å²) in [5.74, 6) is 0. The lowest BCUT2D eigenvalue weighted by molar-refractivity contribution is 0.638. The Morgan fingerprint density at radius 2 is 1.62 bits per heavy atom. The predicted octanol–water partition coefficient (Wildman–Crippen LogP) is 4.41. The summed E-state index contributed by atoms with van der Waals surface area (Å²) in [5, 5.41) is 0.998. The zero-order chi connectivity index (χ0) is 11.8. The first kappa shape index (κ1) is 14.0. The van der Waals surface area contributed by atoms with Crippen LogP contribution in [0.1, 0.15) is 38.2 Å². The highest BCUT2D eigenvalue weighted by Crippen LogP contribution is 2.19. The van der Waals surface area contributed by atoms with Gasteiger partial charge in [-0.3, -0.25) is 0 Å². The van der Waals surface area contributed by atoms with E-state index in [1.54, 1.807) is 0 Å². The van der Waals surface area contributed by atoms with Crippen LogP contribution >= 0.6 is 25.3 Å². The van der Waals surface area contributed by atoms with Crippen LogP contribution in [0.4, 0.5) is 0 Å². The minimum atomic E-state index is 0.481. The number of hydrogen-bond acceptors (Lipinski definition) is 2. The van der Waals surface area contributed by atoms with Gasteiger partial charge < -0.3 is 0 Å². The minimum Gasteiger partial charge on any atom is -0.176 e. The lowest BCUT2D eigenvalue weighted by Gasteiger charge is -2.15. The van der Waals surface area contributed by atoms with Crippen molar-refractivity contribution < 1.29 is 0 Å². The van der Waals surface area contributed by atoms with Gasteiger partial charge in [-0.2, -0.15) is 25.3 Å². The summed E-state index contributed by atoms with van der Waals surface area (Å²) in [4.78, 5) is 0. The van der Waals surface area contributed by atoms with E-state index in [1.165, 1.54) is 18.4 Å². The summed E-state index contributed by atoms with van der Waals surface area (Å²) in [5.41, 5.74) is 1.41. The van der Waals surface area contributed by atoms with Crippen molar-refractivity contribution in [2.24, 2.45) is 0 Å². The quantitative estimate of drug-likeness (QED) is 0.662. The Morgan fingerprint density at radius 1 is 1.00 bits per heavy atom. The number of benzene rings is 1. The molecule has 0 spiro atoms. The molecule has 0 nitrogen and oxygen atoms in total. The number of rotatable bonds is 7. The highest BCUT2D eigenvalue weighted by atomic mass is 32.1. The van der Waals surface area contributed by atoms with Gasteiger partial charge in [-0.05, 0) is 31.2 Å². The lowest BCUT2D eigenvalue weighted by atomic mass is 10.0. The van der Waals surface area contributed by atoms with E-state index in [9.17, 15) is 0 Å². The fourth-order valence-electron chi connectivity index (χ4n) is 1.86. The van der Waals surface area contributed by atoms with E-state index in [0.29, 0.717) is 10.5 Å². The molecular formula is C14H22S2. The fourth-order valence-corrected chi connectivity index (χ4v) is 2.92. The van der Waals surface area contributed by atoms with Gasteiger partial charge in [0, 0.05) is 10.5 Å². The first-order valence-electron chi connectivity index (χ1n) is 6.12. The Labute approximate surface area is 111 Å². The number of aryl methyl sites for hydroxylation is 1. The van der Waals surface area contributed by atoms with Gasteiger partial charge in [0.05, 0.1) is 0 Å². The first-order chi connectivity index (χ1) is 7.72. The van der Waals surface area contributed by atoms with Crippen molar-refractivity contribution in [3.05, 3.63) is 35.9 Å². The Bertz CT molecular complexity index is 271. The van der Waals surface area contributed by atoms with Gasteiger partial charge in [-0.1, -0.05) is 43.7 Å². The van der Waals surface area contributed by atoms with Crippen molar-refractivity contribution in [1.82, 2.24) is 0 Å². The van der Waals surface area contributed by atoms with E-state index < -0.39 is 0 Å². The molecule has 0 saturated carbocycles. The van der Waals surface area contributed by atoms with E-state index in [4.69, 9.17) is 0 Å². The van der Waals surface area contributed by atoms with Crippen LogP contribution in [0.5, 0.6) is 0 Å². The topological polar surface area (TPSA) is 0 Å². The molecule has 0 aliphatic carbocycles. The van der Waals surface area contributed by atoms with Gasteiger partial charge in [0.25, 0.3) is 0 Å². The molecule has 2 atom stereocenters. The summed E-state index contributed by atoms with van der Waals surface area (Å²) < 4.78 is 0. The van der Waals surface area contributed by atoms with E-state index in [-0.39, 0.29) is 0 Å². The first-order valence-corrected chi connectivity index (χ1v) is 7.15. The number of hydrogen-bond donors (Lipinski definition) is 2. The van der Waals surface area contributed by atoms with E-state index >= 15 is 0 Å². The molecule has 0 saturated heterocycles. The molecule has 90 valence electrons. The monoisotopic (exact) mass is 254 g/mol. The van der Waals surface area contributed by atoms with Gasteiger partial charge in [-0.25, -0.2) is 0 Å². The summed E-state index contributed by atoms with van der Waals surface area (Å²) in [6.07, 6.45) is 5.81. The molecule has 1 rings (SSSR count). The zero-order valence-electron chi connectivity index (χ0n) is 9.97. The van der Waals surface area contributed by atoms with Crippen LogP contribution in [0, 0.1) is 0 Å². The average molecular weight is 254 g/mol. The van der Waals surface area contributed by atoms with E-state index in [1.807, 2.05) is 0 Å². The van der Waals surface area contributed by atoms with E-state index in [2.05, 4.69) is 62.5 Å². The number of thiol groups is 2. The van der Waals surface area contributed by atoms with Gasteiger partial charge >= 0.3 is 0 Å². The van der Waals surface area contributed by atoms with Crippen molar-refractivity contribution in [2.45, 2.75) is 49.5 Å². The summed E-state index contributed by atoms with van der Waals surface area (Å²) >= 11 is 9.22. The molecule has 0 aliphatic rings. The van der Waals surface area contributed by atoms with Crippen molar-refractivity contribution in [1.29, 1.82) is 0 Å². The molecule has 0 amide bonds. The summed E-state index contributed by atoms with van der Waals surface area (Å²) in [7, 11) is 0.